The van der Waals surface area contributed by atoms with Crippen molar-refractivity contribution in [1.82, 2.24) is 4.90 Å². The number of anilines is 1. The van der Waals surface area contributed by atoms with E-state index in [2.05, 4.69) is 5.32 Å². The molecular weight excluding hydrogens is 313 g/mol. The molecule has 22 heavy (non-hydrogen) atoms. The van der Waals surface area contributed by atoms with Crippen molar-refractivity contribution in [2.45, 2.75) is 13.0 Å². The Labute approximate surface area is 130 Å². The second-order valence-electron chi connectivity index (χ2n) is 4.88. The Hall–Kier alpha value is -1.86. The van der Waals surface area contributed by atoms with E-state index >= 15 is 0 Å². The highest BCUT2D eigenvalue weighted by Crippen LogP contribution is 2.23. The normalized spacial score (nSPS) is 12.5. The van der Waals surface area contributed by atoms with Crippen molar-refractivity contribution in [3.05, 3.63) is 52.0 Å². The largest absolute Gasteiger partial charge is 0.322 e. The molecule has 1 atom stereocenters. The Morgan fingerprint density at radius 1 is 1.27 bits per heavy atom. The summed E-state index contributed by atoms with van der Waals surface area (Å²) in [5.41, 5.74) is -0.374. The van der Waals surface area contributed by atoms with Gasteiger partial charge in [-0.3, -0.25) is 9.69 Å². The van der Waals surface area contributed by atoms with Crippen LogP contribution in [0.3, 0.4) is 0 Å². The van der Waals surface area contributed by atoms with Gasteiger partial charge in [0.1, 0.15) is 0 Å². The molecule has 1 N–H and O–H groups in total. The van der Waals surface area contributed by atoms with Gasteiger partial charge in [-0.1, -0.05) is 6.07 Å². The third-order valence-corrected chi connectivity index (χ3v) is 4.36. The van der Waals surface area contributed by atoms with Crippen LogP contribution in [0.25, 0.3) is 0 Å². The molecule has 2 rings (SSSR count). The van der Waals surface area contributed by atoms with Crippen LogP contribution in [-0.2, 0) is 4.79 Å². The highest BCUT2D eigenvalue weighted by Gasteiger charge is 2.18. The molecule has 3 nitrogen and oxygen atoms in total. The fourth-order valence-corrected chi connectivity index (χ4v) is 2.77. The SMILES string of the molecule is CC(c1cccs1)N(C)CC(=O)Nc1ccc(F)c(F)c1F. The number of benzene rings is 1. The van der Waals surface area contributed by atoms with E-state index in [-0.39, 0.29) is 18.3 Å². The van der Waals surface area contributed by atoms with Crippen LogP contribution in [0.5, 0.6) is 0 Å². The van der Waals surface area contributed by atoms with Crippen molar-refractivity contribution in [1.29, 1.82) is 0 Å². The van der Waals surface area contributed by atoms with Gasteiger partial charge in [0.05, 0.1) is 12.2 Å². The van der Waals surface area contributed by atoms with Gasteiger partial charge in [0.25, 0.3) is 0 Å². The molecular formula is C15H15F3N2OS. The first-order valence-corrected chi connectivity index (χ1v) is 7.45. The number of rotatable bonds is 5. The van der Waals surface area contributed by atoms with Gasteiger partial charge in [-0.15, -0.1) is 11.3 Å². The molecule has 0 spiro atoms. The number of amides is 1. The summed E-state index contributed by atoms with van der Waals surface area (Å²) in [6.45, 7) is 1.94. The topological polar surface area (TPSA) is 32.3 Å². The molecule has 0 radical (unpaired) electrons. The number of thiophene rings is 1. The van der Waals surface area contributed by atoms with Crippen LogP contribution in [-0.4, -0.2) is 24.4 Å². The predicted octanol–water partition coefficient (Wildman–Crippen LogP) is 3.80. The molecule has 0 saturated heterocycles. The number of nitrogens with one attached hydrogen (secondary N) is 1. The standard InChI is InChI=1S/C15H15F3N2OS/c1-9(12-4-3-7-22-12)20(2)8-13(21)19-11-6-5-10(16)14(17)15(11)18/h3-7,9H,8H2,1-2H3,(H,19,21). The number of carbonyl (C=O) groups is 1. The molecule has 1 aromatic carbocycles. The first-order valence-electron chi connectivity index (χ1n) is 6.57. The molecule has 0 fully saturated rings. The summed E-state index contributed by atoms with van der Waals surface area (Å²) in [6, 6.07) is 5.65. The van der Waals surface area contributed by atoms with Crippen molar-refractivity contribution >= 4 is 22.9 Å². The minimum absolute atomic E-state index is 0.00248. The Balaban J connectivity index is 2.00. The minimum Gasteiger partial charge on any atom is -0.322 e. The average Bonchev–Trinajstić information content (AvgIpc) is 3.01. The molecule has 118 valence electrons. The van der Waals surface area contributed by atoms with Gasteiger partial charge in [-0.25, -0.2) is 13.2 Å². The second-order valence-corrected chi connectivity index (χ2v) is 5.86. The molecule has 1 aromatic heterocycles. The predicted molar refractivity (Wildman–Crippen MR) is 80.3 cm³/mol. The van der Waals surface area contributed by atoms with E-state index in [1.807, 2.05) is 24.4 Å². The zero-order chi connectivity index (χ0) is 16.3. The van der Waals surface area contributed by atoms with Crippen LogP contribution in [0.15, 0.2) is 29.6 Å². The van der Waals surface area contributed by atoms with Crippen molar-refractivity contribution in [2.24, 2.45) is 0 Å². The number of carbonyl (C=O) groups excluding carboxylic acids is 1. The van der Waals surface area contributed by atoms with Gasteiger partial charge in [-0.05, 0) is 37.6 Å². The first-order chi connectivity index (χ1) is 10.4. The Bertz CT molecular complexity index is 661. The highest BCUT2D eigenvalue weighted by atomic mass is 32.1. The maximum absolute atomic E-state index is 13.5. The van der Waals surface area contributed by atoms with Crippen LogP contribution in [0.2, 0.25) is 0 Å². The van der Waals surface area contributed by atoms with Gasteiger partial charge >= 0.3 is 0 Å². The van der Waals surface area contributed by atoms with E-state index in [0.29, 0.717) is 0 Å². The number of nitrogens with zero attached hydrogens (tertiary/aromatic N) is 1. The smallest absolute Gasteiger partial charge is 0.238 e. The second kappa shape index (κ2) is 6.93. The molecule has 1 amide bonds. The fraction of sp³-hybridized carbons (Fsp3) is 0.267. The maximum atomic E-state index is 13.5. The van der Waals surface area contributed by atoms with Gasteiger partial charge < -0.3 is 5.32 Å². The van der Waals surface area contributed by atoms with E-state index in [1.54, 1.807) is 23.3 Å². The Morgan fingerprint density at radius 3 is 2.64 bits per heavy atom. The average molecular weight is 328 g/mol. The third-order valence-electron chi connectivity index (χ3n) is 3.32. The Morgan fingerprint density at radius 2 is 2.00 bits per heavy atom. The Kier molecular flexibility index (Phi) is 5.20. The summed E-state index contributed by atoms with van der Waals surface area (Å²) >= 11 is 1.57. The molecule has 1 heterocycles. The number of likely N-dealkylation sites (N-methyl/N-ethyl adjacent to an activating group) is 1. The van der Waals surface area contributed by atoms with Crippen LogP contribution in [0, 0.1) is 17.5 Å². The van der Waals surface area contributed by atoms with Crippen LogP contribution < -0.4 is 5.32 Å². The monoisotopic (exact) mass is 328 g/mol. The van der Waals surface area contributed by atoms with Crippen molar-refractivity contribution in [3.63, 3.8) is 0 Å². The molecule has 0 bridgehead atoms. The lowest BCUT2D eigenvalue weighted by Crippen LogP contribution is -2.32. The molecule has 0 saturated carbocycles. The summed E-state index contributed by atoms with van der Waals surface area (Å²) in [4.78, 5) is 14.8. The lowest BCUT2D eigenvalue weighted by Gasteiger charge is -2.23. The number of halogens is 3. The van der Waals surface area contributed by atoms with E-state index in [0.717, 1.165) is 17.0 Å². The summed E-state index contributed by atoms with van der Waals surface area (Å²) in [5.74, 6) is -4.80. The first kappa shape index (κ1) is 16.5. The molecule has 7 heteroatoms. The van der Waals surface area contributed by atoms with Gasteiger partial charge in [0.15, 0.2) is 17.5 Å². The van der Waals surface area contributed by atoms with Crippen molar-refractivity contribution in [2.75, 3.05) is 18.9 Å². The van der Waals surface area contributed by atoms with E-state index in [1.165, 1.54) is 0 Å². The summed E-state index contributed by atoms with van der Waals surface area (Å²) in [5, 5.41) is 4.19. The number of hydrogen-bond acceptors (Lipinski definition) is 3. The zero-order valence-electron chi connectivity index (χ0n) is 12.1. The zero-order valence-corrected chi connectivity index (χ0v) is 12.9. The molecule has 2 aromatic rings. The molecule has 0 aliphatic rings. The van der Waals surface area contributed by atoms with Crippen molar-refractivity contribution < 1.29 is 18.0 Å². The molecule has 0 aliphatic carbocycles. The van der Waals surface area contributed by atoms with Gasteiger partial charge in [0, 0.05) is 10.9 Å². The van der Waals surface area contributed by atoms with Crippen LogP contribution in [0.1, 0.15) is 17.8 Å². The fourth-order valence-electron chi connectivity index (χ4n) is 1.92. The molecule has 0 aliphatic heterocycles. The third kappa shape index (κ3) is 3.66. The lowest BCUT2D eigenvalue weighted by molar-refractivity contribution is -0.117. The van der Waals surface area contributed by atoms with Crippen molar-refractivity contribution in [3.8, 4) is 0 Å². The lowest BCUT2D eigenvalue weighted by atomic mass is 10.2. The molecule has 1 unspecified atom stereocenters. The van der Waals surface area contributed by atoms with E-state index in [9.17, 15) is 18.0 Å². The van der Waals surface area contributed by atoms with Crippen LogP contribution >= 0.6 is 11.3 Å². The van der Waals surface area contributed by atoms with Gasteiger partial charge in [0.2, 0.25) is 5.91 Å². The highest BCUT2D eigenvalue weighted by molar-refractivity contribution is 7.10. The van der Waals surface area contributed by atoms with Crippen LogP contribution in [0.4, 0.5) is 18.9 Å². The summed E-state index contributed by atoms with van der Waals surface area (Å²) < 4.78 is 39.4. The van der Waals surface area contributed by atoms with E-state index in [4.69, 9.17) is 0 Å². The number of hydrogen-bond donors (Lipinski definition) is 1. The minimum atomic E-state index is -1.60. The van der Waals surface area contributed by atoms with E-state index < -0.39 is 23.4 Å². The summed E-state index contributed by atoms with van der Waals surface area (Å²) in [7, 11) is 1.76. The van der Waals surface area contributed by atoms with Gasteiger partial charge in [-0.2, -0.15) is 0 Å². The quantitative estimate of drug-likeness (QED) is 0.847. The maximum Gasteiger partial charge on any atom is 0.238 e. The summed E-state index contributed by atoms with van der Waals surface area (Å²) in [6.07, 6.45) is 0.